The molecule has 1 aliphatic heterocycles. The third-order valence-electron chi connectivity index (χ3n) is 5.98. The fourth-order valence-corrected chi connectivity index (χ4v) is 5.37. The molecule has 5 N–H and O–H groups in total. The zero-order valence-corrected chi connectivity index (χ0v) is 21.5. The van der Waals surface area contributed by atoms with Crippen molar-refractivity contribution < 1.29 is 33.5 Å². The molecule has 0 bridgehead atoms. The minimum absolute atomic E-state index is 0.0691. The number of Topliss-reactive ketones (excluding diaryl/α,β-unsaturated/α-hetero) is 1. The fraction of sp³-hybridized carbons (Fsp3) is 0.435. The van der Waals surface area contributed by atoms with Crippen molar-refractivity contribution in [1.82, 2.24) is 14.5 Å². The van der Waals surface area contributed by atoms with Crippen molar-refractivity contribution in [2.24, 2.45) is 5.73 Å². The van der Waals surface area contributed by atoms with Gasteiger partial charge in [-0.1, -0.05) is 12.1 Å². The Labute approximate surface area is 214 Å². The minimum atomic E-state index is -4.40. The zero-order chi connectivity index (χ0) is 25.7. The molecule has 13 heteroatoms. The Hall–Kier alpha value is -1.99. The number of aromatic nitrogens is 3. The van der Waals surface area contributed by atoms with Crippen LogP contribution in [0.2, 0.25) is 0 Å². The number of nitrogens with two attached hydrogens (primary N) is 1. The van der Waals surface area contributed by atoms with Crippen LogP contribution in [0, 0.1) is 0 Å². The van der Waals surface area contributed by atoms with Crippen molar-refractivity contribution in [2.45, 2.75) is 44.2 Å². The quantitative estimate of drug-likeness (QED) is 0.0993. The SMILES string of the molecule is NCc1ccc(C(=O)Cc2nccc3c2ncn3[C@H]2C[C@@H](O[PH](O)(O)OCCCS)C(CO)O2)cc1. The number of carbonyl (C=O) groups is 1. The van der Waals surface area contributed by atoms with Gasteiger partial charge in [0.1, 0.15) is 0 Å². The van der Waals surface area contributed by atoms with E-state index < -0.39 is 26.6 Å². The number of nitrogens with zero attached hydrogens (tertiary/aromatic N) is 3. The van der Waals surface area contributed by atoms with E-state index in [2.05, 4.69) is 22.6 Å². The predicted molar refractivity (Wildman–Crippen MR) is 138 cm³/mol. The Balaban J connectivity index is 1.49. The molecule has 3 aromatic rings. The maximum atomic E-state index is 12.8. The number of pyridine rings is 1. The van der Waals surface area contributed by atoms with Gasteiger partial charge in [0.2, 0.25) is 0 Å². The van der Waals surface area contributed by atoms with Crippen molar-refractivity contribution in [3.8, 4) is 0 Å². The summed E-state index contributed by atoms with van der Waals surface area (Å²) in [6.45, 7) is 0.127. The van der Waals surface area contributed by atoms with Crippen LogP contribution in [-0.2, 0) is 26.7 Å². The summed E-state index contributed by atoms with van der Waals surface area (Å²) >= 11 is 4.07. The third kappa shape index (κ3) is 6.28. The smallest absolute Gasteiger partial charge is 0.0570 e. The molecular formula is C23H31N4O7PS. The van der Waals surface area contributed by atoms with Crippen LogP contribution in [0.3, 0.4) is 0 Å². The number of ketones is 1. The van der Waals surface area contributed by atoms with Crippen molar-refractivity contribution in [1.29, 1.82) is 0 Å². The summed E-state index contributed by atoms with van der Waals surface area (Å²) in [5.41, 5.74) is 8.90. The number of fused-ring (bicyclic) bond motifs is 1. The zero-order valence-electron chi connectivity index (χ0n) is 19.6. The molecule has 1 fully saturated rings. The van der Waals surface area contributed by atoms with Crippen LogP contribution >= 0.6 is 20.8 Å². The Morgan fingerprint density at radius 3 is 2.72 bits per heavy atom. The number of hydrogen-bond donors (Lipinski definition) is 5. The van der Waals surface area contributed by atoms with Crippen LogP contribution in [0.15, 0.2) is 42.9 Å². The molecule has 1 aliphatic rings. The molecule has 1 aromatic carbocycles. The number of aliphatic hydroxyl groups is 1. The average molecular weight is 539 g/mol. The van der Waals surface area contributed by atoms with E-state index in [0.717, 1.165) is 5.56 Å². The number of imidazole rings is 1. The van der Waals surface area contributed by atoms with Crippen LogP contribution in [0.4, 0.5) is 0 Å². The van der Waals surface area contributed by atoms with Gasteiger partial charge in [-0.15, -0.1) is 0 Å². The maximum absolute atomic E-state index is 12.8. The molecule has 0 amide bonds. The molecule has 1 unspecified atom stereocenters. The normalized spacial score (nSPS) is 20.8. The Morgan fingerprint density at radius 2 is 2.03 bits per heavy atom. The third-order valence-corrected chi connectivity index (χ3v) is 7.48. The van der Waals surface area contributed by atoms with Gasteiger partial charge in [0, 0.05) is 6.54 Å². The first kappa shape index (κ1) is 27.1. The number of hydrogen-bond acceptors (Lipinski definition) is 11. The van der Waals surface area contributed by atoms with E-state index in [0.29, 0.717) is 41.0 Å². The molecule has 0 radical (unpaired) electrons. The number of rotatable bonds is 12. The molecule has 1 saturated heterocycles. The molecule has 0 spiro atoms. The van der Waals surface area contributed by atoms with E-state index >= 15 is 0 Å². The second-order valence-corrected chi connectivity index (χ2v) is 10.5. The number of carbonyl (C=O) groups excluding carboxylic acids is 1. The van der Waals surface area contributed by atoms with Gasteiger partial charge in [-0.05, 0) is 5.56 Å². The second kappa shape index (κ2) is 12.0. The van der Waals surface area contributed by atoms with Gasteiger partial charge in [0.05, 0.1) is 0 Å². The van der Waals surface area contributed by atoms with Crippen molar-refractivity contribution in [3.05, 3.63) is 59.7 Å². The Kier molecular flexibility index (Phi) is 9.05. The molecule has 4 rings (SSSR count). The van der Waals surface area contributed by atoms with Crippen LogP contribution in [-0.4, -0.2) is 66.4 Å². The fourth-order valence-electron chi connectivity index (χ4n) is 4.12. The molecule has 3 heterocycles. The monoisotopic (exact) mass is 538 g/mol. The summed E-state index contributed by atoms with van der Waals surface area (Å²) in [5, 5.41) is 9.78. The number of aliphatic hydroxyl groups excluding tert-OH is 1. The summed E-state index contributed by atoms with van der Waals surface area (Å²) in [7, 11) is -4.40. The summed E-state index contributed by atoms with van der Waals surface area (Å²) in [4.78, 5) is 42.0. The van der Waals surface area contributed by atoms with Gasteiger partial charge in [0.25, 0.3) is 0 Å². The summed E-state index contributed by atoms with van der Waals surface area (Å²) in [6, 6.07) is 8.91. The van der Waals surface area contributed by atoms with Crippen molar-refractivity contribution >= 4 is 37.6 Å². The van der Waals surface area contributed by atoms with Gasteiger partial charge in [-0.2, -0.15) is 0 Å². The van der Waals surface area contributed by atoms with E-state index in [9.17, 15) is 19.7 Å². The topological polar surface area (TPSA) is 162 Å². The molecule has 3 atom stereocenters. The molecule has 2 aromatic heterocycles. The van der Waals surface area contributed by atoms with Crippen LogP contribution in [0.5, 0.6) is 0 Å². The van der Waals surface area contributed by atoms with Gasteiger partial charge in [0.15, 0.2) is 0 Å². The van der Waals surface area contributed by atoms with Gasteiger partial charge in [-0.3, -0.25) is 0 Å². The van der Waals surface area contributed by atoms with Crippen LogP contribution < -0.4 is 5.73 Å². The number of benzene rings is 1. The molecule has 11 nitrogen and oxygen atoms in total. The predicted octanol–water partition coefficient (Wildman–Crippen LogP) is 1.71. The average Bonchev–Trinajstić information content (AvgIpc) is 3.48. The standard InChI is InChI=1S/C23H31N4O7PS/c24-12-15-2-4-16(5-3-15)19(29)10-17-23-18(6-7-25-17)27(14-26-23)22-11-20(21(13-28)33-22)34-35(30,31)32-8-1-9-36/h2-7,14,20-22,28,30-31,35-36H,1,8-13,24H2/t20-,21?,22-/m1/s1. The first-order valence-electron chi connectivity index (χ1n) is 11.6. The van der Waals surface area contributed by atoms with Crippen molar-refractivity contribution in [3.63, 3.8) is 0 Å². The molecule has 0 aliphatic carbocycles. The number of thiol groups is 1. The molecule has 0 saturated carbocycles. The van der Waals surface area contributed by atoms with Crippen LogP contribution in [0.1, 0.15) is 40.7 Å². The van der Waals surface area contributed by atoms with E-state index in [1.807, 2.05) is 12.1 Å². The van der Waals surface area contributed by atoms with Gasteiger partial charge >= 0.3 is 184 Å². The van der Waals surface area contributed by atoms with E-state index in [1.165, 1.54) is 0 Å². The van der Waals surface area contributed by atoms with E-state index in [-0.39, 0.29) is 31.8 Å². The van der Waals surface area contributed by atoms with Gasteiger partial charge < -0.3 is 5.73 Å². The second-order valence-electron chi connectivity index (χ2n) is 8.46. The Bertz CT molecular complexity index is 1180. The summed E-state index contributed by atoms with van der Waals surface area (Å²) in [5.74, 6) is 0.443. The van der Waals surface area contributed by atoms with E-state index in [1.54, 1.807) is 35.3 Å². The summed E-state index contributed by atoms with van der Waals surface area (Å²) in [6.07, 6.45) is 1.83. The Morgan fingerprint density at radius 1 is 1.25 bits per heavy atom. The minimum Gasteiger partial charge on any atom is -0.0570 e. The van der Waals surface area contributed by atoms with E-state index in [4.69, 9.17) is 19.5 Å². The molecule has 196 valence electrons. The number of ether oxygens (including phenoxy) is 1. The summed E-state index contributed by atoms with van der Waals surface area (Å²) < 4.78 is 18.2. The van der Waals surface area contributed by atoms with Crippen molar-refractivity contribution in [2.75, 3.05) is 19.0 Å². The van der Waals surface area contributed by atoms with Crippen LogP contribution in [0.25, 0.3) is 11.0 Å². The first-order chi connectivity index (χ1) is 17.3. The van der Waals surface area contributed by atoms with Gasteiger partial charge in [-0.25, -0.2) is 0 Å². The first-order valence-corrected chi connectivity index (χ1v) is 14.0. The molecule has 36 heavy (non-hydrogen) atoms. The molecular weight excluding hydrogens is 507 g/mol.